The maximum absolute atomic E-state index is 12.0. The molecule has 1 aliphatic heterocycles. The molecule has 1 aromatic carbocycles. The minimum atomic E-state index is -0.397. The monoisotopic (exact) mass is 361 g/mol. The number of ether oxygens (including phenoxy) is 1. The number of nitrogens with one attached hydrogen (secondary N) is 1. The molecule has 0 amide bonds. The molecule has 5 heteroatoms. The van der Waals surface area contributed by atoms with E-state index in [0.717, 1.165) is 47.0 Å². The summed E-state index contributed by atoms with van der Waals surface area (Å²) in [5.74, 6) is 6.19. The van der Waals surface area contributed by atoms with Crippen LogP contribution < -0.4 is 0 Å². The molecule has 0 spiro atoms. The standard InChI is InChI=1S/C22H23N3O2/c1-2-27-22(26)20-14-18-17-13-16(7-6-12-25-10-4-3-5-11-25)8-9-19(17)24-21(18)15-23-20/h8-9,13-15,24H,2-5,10-12H2,1H3. The highest BCUT2D eigenvalue weighted by molar-refractivity contribution is 6.09. The van der Waals surface area contributed by atoms with E-state index in [2.05, 4.69) is 32.8 Å². The molecule has 1 aliphatic rings. The van der Waals surface area contributed by atoms with E-state index in [4.69, 9.17) is 4.74 Å². The summed E-state index contributed by atoms with van der Waals surface area (Å²) in [5, 5.41) is 2.01. The molecule has 3 heterocycles. The summed E-state index contributed by atoms with van der Waals surface area (Å²) < 4.78 is 5.06. The number of hydrogen-bond donors (Lipinski definition) is 1. The zero-order valence-corrected chi connectivity index (χ0v) is 15.5. The number of carbonyl (C=O) groups excluding carboxylic acids is 1. The second-order valence-electron chi connectivity index (χ2n) is 6.86. The second kappa shape index (κ2) is 7.81. The van der Waals surface area contributed by atoms with Crippen molar-refractivity contribution in [2.45, 2.75) is 26.2 Å². The number of aromatic amines is 1. The van der Waals surface area contributed by atoms with E-state index in [-0.39, 0.29) is 0 Å². The zero-order valence-electron chi connectivity index (χ0n) is 15.5. The van der Waals surface area contributed by atoms with Crippen LogP contribution >= 0.6 is 0 Å². The lowest BCUT2D eigenvalue weighted by molar-refractivity contribution is 0.0520. The first kappa shape index (κ1) is 17.6. The van der Waals surface area contributed by atoms with Gasteiger partial charge in [0.2, 0.25) is 0 Å². The van der Waals surface area contributed by atoms with Crippen LogP contribution in [0.1, 0.15) is 42.2 Å². The maximum Gasteiger partial charge on any atom is 0.356 e. The van der Waals surface area contributed by atoms with E-state index < -0.39 is 5.97 Å². The molecule has 0 saturated carbocycles. The highest BCUT2D eigenvalue weighted by atomic mass is 16.5. The average Bonchev–Trinajstić information content (AvgIpc) is 3.06. The summed E-state index contributed by atoms with van der Waals surface area (Å²) in [6, 6.07) is 7.92. The molecule has 1 fully saturated rings. The Kier molecular flexibility index (Phi) is 5.08. The van der Waals surface area contributed by atoms with Crippen molar-refractivity contribution in [1.82, 2.24) is 14.9 Å². The molecule has 0 radical (unpaired) electrons. The Balaban J connectivity index is 1.63. The van der Waals surface area contributed by atoms with Gasteiger partial charge in [-0.15, -0.1) is 0 Å². The number of H-pyrrole nitrogens is 1. The number of piperidine rings is 1. The highest BCUT2D eigenvalue weighted by Crippen LogP contribution is 2.26. The normalized spacial score (nSPS) is 14.9. The van der Waals surface area contributed by atoms with E-state index in [1.165, 1.54) is 19.3 Å². The van der Waals surface area contributed by atoms with Crippen LogP contribution in [0.5, 0.6) is 0 Å². The predicted octanol–water partition coefficient (Wildman–Crippen LogP) is 3.73. The summed E-state index contributed by atoms with van der Waals surface area (Å²) in [6.07, 6.45) is 5.58. The number of rotatable bonds is 3. The second-order valence-corrected chi connectivity index (χ2v) is 6.86. The quantitative estimate of drug-likeness (QED) is 0.570. The first-order chi connectivity index (χ1) is 13.2. The number of esters is 1. The Hall–Kier alpha value is -2.84. The van der Waals surface area contributed by atoms with Gasteiger partial charge in [-0.05, 0) is 57.1 Å². The van der Waals surface area contributed by atoms with E-state index in [1.54, 1.807) is 19.2 Å². The molecule has 1 saturated heterocycles. The Labute approximate surface area is 158 Å². The van der Waals surface area contributed by atoms with Gasteiger partial charge in [-0.1, -0.05) is 18.3 Å². The molecule has 138 valence electrons. The topological polar surface area (TPSA) is 58.2 Å². The van der Waals surface area contributed by atoms with Crippen LogP contribution in [0.15, 0.2) is 30.5 Å². The fraction of sp³-hybridized carbons (Fsp3) is 0.364. The highest BCUT2D eigenvalue weighted by Gasteiger charge is 2.12. The minimum Gasteiger partial charge on any atom is -0.461 e. The number of likely N-dealkylation sites (tertiary alicyclic amines) is 1. The molecule has 0 unspecified atom stereocenters. The molecule has 2 aromatic heterocycles. The summed E-state index contributed by atoms with van der Waals surface area (Å²) in [5.41, 5.74) is 3.22. The SMILES string of the molecule is CCOC(=O)c1cc2c(cn1)[nH]c1ccc(C#CCN3CCCCC3)cc12. The molecule has 27 heavy (non-hydrogen) atoms. The number of carbonyl (C=O) groups is 1. The number of nitrogens with zero attached hydrogens (tertiary/aromatic N) is 2. The Morgan fingerprint density at radius 3 is 2.81 bits per heavy atom. The lowest BCUT2D eigenvalue weighted by Crippen LogP contribution is -2.29. The smallest absolute Gasteiger partial charge is 0.356 e. The predicted molar refractivity (Wildman–Crippen MR) is 107 cm³/mol. The molecule has 1 N–H and O–H groups in total. The van der Waals surface area contributed by atoms with Gasteiger partial charge in [-0.3, -0.25) is 4.90 Å². The molecular weight excluding hydrogens is 338 g/mol. The van der Waals surface area contributed by atoms with Crippen LogP contribution in [-0.2, 0) is 4.74 Å². The van der Waals surface area contributed by atoms with Gasteiger partial charge in [-0.25, -0.2) is 9.78 Å². The zero-order chi connectivity index (χ0) is 18.6. The number of aromatic nitrogens is 2. The average molecular weight is 361 g/mol. The van der Waals surface area contributed by atoms with Crippen molar-refractivity contribution in [3.8, 4) is 11.8 Å². The van der Waals surface area contributed by atoms with Crippen LogP contribution in [-0.4, -0.2) is 47.1 Å². The third-order valence-electron chi connectivity index (χ3n) is 4.95. The summed E-state index contributed by atoms with van der Waals surface area (Å²) >= 11 is 0. The van der Waals surface area contributed by atoms with Crippen LogP contribution in [0.25, 0.3) is 21.8 Å². The van der Waals surface area contributed by atoms with Crippen LogP contribution in [0.2, 0.25) is 0 Å². The molecule has 0 bridgehead atoms. The van der Waals surface area contributed by atoms with Crippen LogP contribution in [0, 0.1) is 11.8 Å². The summed E-state index contributed by atoms with van der Waals surface area (Å²) in [7, 11) is 0. The molecule has 5 nitrogen and oxygen atoms in total. The van der Waals surface area contributed by atoms with Gasteiger partial charge >= 0.3 is 5.97 Å². The van der Waals surface area contributed by atoms with Crippen LogP contribution in [0.3, 0.4) is 0 Å². The van der Waals surface area contributed by atoms with Gasteiger partial charge in [-0.2, -0.15) is 0 Å². The van der Waals surface area contributed by atoms with Gasteiger partial charge in [0.25, 0.3) is 0 Å². The number of benzene rings is 1. The van der Waals surface area contributed by atoms with Crippen molar-refractivity contribution in [1.29, 1.82) is 0 Å². The maximum atomic E-state index is 12.0. The van der Waals surface area contributed by atoms with Crippen molar-refractivity contribution in [2.75, 3.05) is 26.2 Å². The molecular formula is C22H23N3O2. The van der Waals surface area contributed by atoms with Crippen molar-refractivity contribution < 1.29 is 9.53 Å². The van der Waals surface area contributed by atoms with E-state index in [1.807, 2.05) is 12.1 Å². The Bertz CT molecular complexity index is 1040. The largest absolute Gasteiger partial charge is 0.461 e. The molecule has 4 rings (SSSR count). The first-order valence-electron chi connectivity index (χ1n) is 9.54. The molecule has 3 aromatic rings. The molecule has 0 atom stereocenters. The third-order valence-corrected chi connectivity index (χ3v) is 4.95. The third kappa shape index (κ3) is 3.81. The minimum absolute atomic E-state index is 0.326. The van der Waals surface area contributed by atoms with Crippen molar-refractivity contribution in [3.63, 3.8) is 0 Å². The fourth-order valence-electron chi connectivity index (χ4n) is 3.56. The Morgan fingerprint density at radius 1 is 1.19 bits per heavy atom. The van der Waals surface area contributed by atoms with Crippen molar-refractivity contribution in [2.24, 2.45) is 0 Å². The van der Waals surface area contributed by atoms with Gasteiger partial charge in [0.15, 0.2) is 0 Å². The van der Waals surface area contributed by atoms with E-state index >= 15 is 0 Å². The van der Waals surface area contributed by atoms with E-state index in [9.17, 15) is 4.79 Å². The number of fused-ring (bicyclic) bond motifs is 3. The van der Waals surface area contributed by atoms with Gasteiger partial charge in [0.1, 0.15) is 5.69 Å². The first-order valence-corrected chi connectivity index (χ1v) is 9.54. The van der Waals surface area contributed by atoms with Gasteiger partial charge < -0.3 is 9.72 Å². The van der Waals surface area contributed by atoms with Crippen molar-refractivity contribution in [3.05, 3.63) is 41.7 Å². The van der Waals surface area contributed by atoms with Crippen molar-refractivity contribution >= 4 is 27.8 Å². The number of pyridine rings is 1. The van der Waals surface area contributed by atoms with Gasteiger partial charge in [0.05, 0.1) is 24.9 Å². The van der Waals surface area contributed by atoms with E-state index in [0.29, 0.717) is 12.3 Å². The fourth-order valence-corrected chi connectivity index (χ4v) is 3.56. The summed E-state index contributed by atoms with van der Waals surface area (Å²) in [6.45, 7) is 5.25. The van der Waals surface area contributed by atoms with Gasteiger partial charge in [0, 0.05) is 21.9 Å². The molecule has 0 aliphatic carbocycles. The lowest BCUT2D eigenvalue weighted by Gasteiger charge is -2.23. The summed E-state index contributed by atoms with van der Waals surface area (Å²) in [4.78, 5) is 21.9. The Morgan fingerprint density at radius 2 is 2.00 bits per heavy atom. The van der Waals surface area contributed by atoms with Crippen LogP contribution in [0.4, 0.5) is 0 Å². The lowest BCUT2D eigenvalue weighted by atomic mass is 10.1. The number of hydrogen-bond acceptors (Lipinski definition) is 4.